The zero-order valence-electron chi connectivity index (χ0n) is 16.9. The first-order valence-electron chi connectivity index (χ1n) is 9.92. The van der Waals surface area contributed by atoms with Crippen molar-refractivity contribution >= 4 is 15.9 Å². The maximum Gasteiger partial charge on any atom is 0.268 e. The standard InChI is InChI=1S/C21H25N5O3S/c1-24-15-19(30(28,29)26-9-2-3-10-26)12-20(24)21(27)23-13-17-4-6-18(7-5-17)14-25-11-8-22-16-25/h4-8,11-12,15-16H,2-3,9-10,13-14H2,1H3,(H,23,27). The molecule has 2 aromatic heterocycles. The molecule has 0 bridgehead atoms. The van der Waals surface area contributed by atoms with Crippen LogP contribution in [-0.2, 0) is 30.2 Å². The molecule has 30 heavy (non-hydrogen) atoms. The van der Waals surface area contributed by atoms with Crippen LogP contribution in [0.2, 0.25) is 0 Å². The van der Waals surface area contributed by atoms with Crippen LogP contribution < -0.4 is 5.32 Å². The minimum absolute atomic E-state index is 0.168. The molecule has 3 heterocycles. The Kier molecular flexibility index (Phi) is 5.74. The number of carbonyl (C=O) groups excluding carboxylic acids is 1. The van der Waals surface area contributed by atoms with Gasteiger partial charge in [-0.3, -0.25) is 4.79 Å². The van der Waals surface area contributed by atoms with E-state index in [1.54, 1.807) is 24.1 Å². The predicted molar refractivity (Wildman–Crippen MR) is 112 cm³/mol. The molecule has 1 amide bonds. The van der Waals surface area contributed by atoms with Crippen LogP contribution in [0.3, 0.4) is 0 Å². The van der Waals surface area contributed by atoms with E-state index in [2.05, 4.69) is 10.3 Å². The van der Waals surface area contributed by atoms with E-state index in [0.717, 1.165) is 30.5 Å². The van der Waals surface area contributed by atoms with E-state index in [-0.39, 0.29) is 10.8 Å². The fraction of sp³-hybridized carbons (Fsp3) is 0.333. The van der Waals surface area contributed by atoms with Gasteiger partial charge in [0.25, 0.3) is 5.91 Å². The SMILES string of the molecule is Cn1cc(S(=O)(=O)N2CCCC2)cc1C(=O)NCc1ccc(Cn2ccnc2)cc1. The number of nitrogens with one attached hydrogen (secondary N) is 1. The van der Waals surface area contributed by atoms with Crippen molar-refractivity contribution < 1.29 is 13.2 Å². The molecule has 0 aliphatic carbocycles. The molecular weight excluding hydrogens is 402 g/mol. The van der Waals surface area contributed by atoms with Gasteiger partial charge >= 0.3 is 0 Å². The van der Waals surface area contributed by atoms with E-state index < -0.39 is 10.0 Å². The highest BCUT2D eigenvalue weighted by atomic mass is 32.2. The zero-order valence-corrected chi connectivity index (χ0v) is 17.7. The van der Waals surface area contributed by atoms with Crippen molar-refractivity contribution in [3.63, 3.8) is 0 Å². The minimum Gasteiger partial charge on any atom is -0.347 e. The lowest BCUT2D eigenvalue weighted by molar-refractivity contribution is 0.0942. The van der Waals surface area contributed by atoms with Crippen molar-refractivity contribution in [2.75, 3.05) is 13.1 Å². The van der Waals surface area contributed by atoms with Crippen LogP contribution in [0.4, 0.5) is 0 Å². The molecule has 1 aliphatic heterocycles. The third-order valence-corrected chi connectivity index (χ3v) is 7.18. The fourth-order valence-corrected chi connectivity index (χ4v) is 5.19. The molecule has 1 N–H and O–H groups in total. The van der Waals surface area contributed by atoms with Gasteiger partial charge in [-0.05, 0) is 30.0 Å². The van der Waals surface area contributed by atoms with Crippen LogP contribution >= 0.6 is 0 Å². The molecule has 4 rings (SSSR count). The van der Waals surface area contributed by atoms with Crippen molar-refractivity contribution in [2.24, 2.45) is 7.05 Å². The molecule has 1 aromatic carbocycles. The summed E-state index contributed by atoms with van der Waals surface area (Å²) in [5, 5.41) is 2.87. The molecule has 9 heteroatoms. The number of amides is 1. The Hall–Kier alpha value is -2.91. The van der Waals surface area contributed by atoms with E-state index in [1.807, 2.05) is 35.0 Å². The second-order valence-electron chi connectivity index (χ2n) is 7.52. The average Bonchev–Trinajstić information content (AvgIpc) is 3.49. The van der Waals surface area contributed by atoms with Crippen LogP contribution in [0.25, 0.3) is 0 Å². The van der Waals surface area contributed by atoms with Gasteiger partial charge < -0.3 is 14.5 Å². The van der Waals surface area contributed by atoms with Crippen molar-refractivity contribution in [3.8, 4) is 0 Å². The lowest BCUT2D eigenvalue weighted by Crippen LogP contribution is -2.27. The van der Waals surface area contributed by atoms with Crippen LogP contribution in [0.15, 0.2) is 60.1 Å². The molecule has 0 spiro atoms. The predicted octanol–water partition coefficient (Wildman–Crippen LogP) is 1.98. The molecule has 158 valence electrons. The highest BCUT2D eigenvalue weighted by Crippen LogP contribution is 2.22. The van der Waals surface area contributed by atoms with E-state index in [4.69, 9.17) is 0 Å². The number of aromatic nitrogens is 3. The summed E-state index contributed by atoms with van der Waals surface area (Å²) in [5.74, 6) is -0.303. The van der Waals surface area contributed by atoms with Crippen LogP contribution in [0.1, 0.15) is 34.5 Å². The van der Waals surface area contributed by atoms with Gasteiger partial charge in [-0.15, -0.1) is 0 Å². The van der Waals surface area contributed by atoms with Crippen molar-refractivity contribution in [1.82, 2.24) is 23.7 Å². The van der Waals surface area contributed by atoms with E-state index >= 15 is 0 Å². The fourth-order valence-electron chi connectivity index (χ4n) is 3.61. The molecule has 1 fully saturated rings. The summed E-state index contributed by atoms with van der Waals surface area (Å²) in [5.41, 5.74) is 2.43. The smallest absolute Gasteiger partial charge is 0.268 e. The molecule has 0 saturated carbocycles. The first kappa shape index (κ1) is 20.4. The molecule has 0 radical (unpaired) electrons. The van der Waals surface area contributed by atoms with E-state index in [9.17, 15) is 13.2 Å². The lowest BCUT2D eigenvalue weighted by Gasteiger charge is -2.13. The van der Waals surface area contributed by atoms with Crippen molar-refractivity contribution in [1.29, 1.82) is 0 Å². The molecule has 0 unspecified atom stereocenters. The number of imidazole rings is 1. The maximum absolute atomic E-state index is 12.7. The van der Waals surface area contributed by atoms with Gasteiger partial charge in [-0.1, -0.05) is 24.3 Å². The number of hydrogen-bond acceptors (Lipinski definition) is 4. The third-order valence-electron chi connectivity index (χ3n) is 5.32. The Morgan fingerprint density at radius 1 is 1.13 bits per heavy atom. The second kappa shape index (κ2) is 8.45. The van der Waals surface area contributed by atoms with Gasteiger partial charge in [0.05, 0.1) is 6.33 Å². The number of hydrogen-bond donors (Lipinski definition) is 1. The number of aryl methyl sites for hydroxylation is 1. The molecule has 3 aromatic rings. The number of carbonyl (C=O) groups is 1. The molecule has 1 aliphatic rings. The second-order valence-corrected chi connectivity index (χ2v) is 9.46. The Bertz CT molecular complexity index is 1110. The molecular formula is C21H25N5O3S. The van der Waals surface area contributed by atoms with Gasteiger partial charge in [0.1, 0.15) is 10.6 Å². The van der Waals surface area contributed by atoms with Crippen LogP contribution in [0.5, 0.6) is 0 Å². The maximum atomic E-state index is 12.7. The Labute approximate surface area is 176 Å². The quantitative estimate of drug-likeness (QED) is 0.624. The zero-order chi connectivity index (χ0) is 21.1. The van der Waals surface area contributed by atoms with Crippen LogP contribution in [0, 0.1) is 0 Å². The van der Waals surface area contributed by atoms with Gasteiger partial charge in [0.2, 0.25) is 10.0 Å². The summed E-state index contributed by atoms with van der Waals surface area (Å²) in [6, 6.07) is 9.44. The highest BCUT2D eigenvalue weighted by molar-refractivity contribution is 7.89. The summed E-state index contributed by atoms with van der Waals surface area (Å²) in [6.07, 6.45) is 8.68. The Morgan fingerprint density at radius 2 is 1.83 bits per heavy atom. The van der Waals surface area contributed by atoms with E-state index in [0.29, 0.717) is 25.3 Å². The number of rotatable bonds is 7. The molecule has 1 saturated heterocycles. The first-order valence-corrected chi connectivity index (χ1v) is 11.4. The minimum atomic E-state index is -3.54. The summed E-state index contributed by atoms with van der Waals surface area (Å²) in [4.78, 5) is 16.8. The number of nitrogens with zero attached hydrogens (tertiary/aromatic N) is 4. The van der Waals surface area contributed by atoms with Crippen molar-refractivity contribution in [3.05, 3.63) is 72.1 Å². The highest BCUT2D eigenvalue weighted by Gasteiger charge is 2.29. The molecule has 0 atom stereocenters. The normalized spacial score (nSPS) is 14.8. The van der Waals surface area contributed by atoms with E-state index in [1.165, 1.54) is 16.6 Å². The van der Waals surface area contributed by atoms with Gasteiger partial charge in [0, 0.05) is 51.8 Å². The lowest BCUT2D eigenvalue weighted by atomic mass is 10.1. The number of sulfonamides is 1. The topological polar surface area (TPSA) is 89.2 Å². The van der Waals surface area contributed by atoms with Crippen molar-refractivity contribution in [2.45, 2.75) is 30.8 Å². The Balaban J connectivity index is 1.39. The van der Waals surface area contributed by atoms with Gasteiger partial charge in [-0.2, -0.15) is 4.31 Å². The Morgan fingerprint density at radius 3 is 2.50 bits per heavy atom. The van der Waals surface area contributed by atoms with Crippen LogP contribution in [-0.4, -0.2) is 45.8 Å². The summed E-state index contributed by atoms with van der Waals surface area (Å²) in [7, 11) is -1.86. The molecule has 8 nitrogen and oxygen atoms in total. The third kappa shape index (κ3) is 4.31. The summed E-state index contributed by atoms with van der Waals surface area (Å²) < 4.78 is 30.5. The largest absolute Gasteiger partial charge is 0.347 e. The monoisotopic (exact) mass is 427 g/mol. The van der Waals surface area contributed by atoms with Gasteiger partial charge in [-0.25, -0.2) is 13.4 Å². The summed E-state index contributed by atoms with van der Waals surface area (Å²) in [6.45, 7) is 2.18. The summed E-state index contributed by atoms with van der Waals surface area (Å²) >= 11 is 0. The number of benzene rings is 1. The average molecular weight is 428 g/mol. The first-order chi connectivity index (χ1) is 14.4. The van der Waals surface area contributed by atoms with Gasteiger partial charge in [0.15, 0.2) is 0 Å².